The summed E-state index contributed by atoms with van der Waals surface area (Å²) < 4.78 is 39.4. The van der Waals surface area contributed by atoms with Crippen LogP contribution in [0.15, 0.2) is 35.2 Å². The molecule has 1 heterocycles. The van der Waals surface area contributed by atoms with Crippen molar-refractivity contribution in [2.75, 3.05) is 32.0 Å². The van der Waals surface area contributed by atoms with Gasteiger partial charge in [0.1, 0.15) is 11.5 Å². The van der Waals surface area contributed by atoms with Gasteiger partial charge >= 0.3 is 0 Å². The number of ether oxygens (including phenoxy) is 2. The summed E-state index contributed by atoms with van der Waals surface area (Å²) in [6.45, 7) is 3.07. The second kappa shape index (κ2) is 9.78. The van der Waals surface area contributed by atoms with Crippen LogP contribution in [0.25, 0.3) is 0 Å². The summed E-state index contributed by atoms with van der Waals surface area (Å²) >= 11 is 6.17. The van der Waals surface area contributed by atoms with Crippen LogP contribution in [0.4, 0.5) is 5.69 Å². The molecule has 2 aromatic carbocycles. The minimum absolute atomic E-state index is 0.0298. The van der Waals surface area contributed by atoms with Crippen molar-refractivity contribution in [3.05, 3.63) is 46.5 Å². The van der Waals surface area contributed by atoms with Gasteiger partial charge in [0, 0.05) is 24.7 Å². The van der Waals surface area contributed by atoms with Crippen molar-refractivity contribution in [3.8, 4) is 11.5 Å². The highest BCUT2D eigenvalue weighted by Crippen LogP contribution is 2.37. The molecule has 0 spiro atoms. The van der Waals surface area contributed by atoms with Crippen LogP contribution in [0, 0.1) is 6.92 Å². The number of nitrogens with one attached hydrogen (secondary N) is 1. The Morgan fingerprint density at radius 1 is 1.00 bits per heavy atom. The number of carbonyl (C=O) groups excluding carboxylic acids is 1. The first-order chi connectivity index (χ1) is 14.8. The zero-order valence-electron chi connectivity index (χ0n) is 17.9. The molecule has 0 aliphatic carbocycles. The number of rotatable bonds is 6. The number of likely N-dealkylation sites (tertiary alicyclic amines) is 1. The Labute approximate surface area is 188 Å². The van der Waals surface area contributed by atoms with Crippen molar-refractivity contribution in [1.29, 1.82) is 0 Å². The molecule has 0 unspecified atom stereocenters. The standard InChI is InChI=1S/C22H27ClN2O5S/c1-15-8-9-16(22(26)25-10-6-4-5-7-11-25)12-21(15)31(27,28)24-18-13-17(23)19(29-2)14-20(18)30-3/h8-9,12-14,24H,4-7,10-11H2,1-3H3. The van der Waals surface area contributed by atoms with Crippen LogP contribution >= 0.6 is 11.6 Å². The van der Waals surface area contributed by atoms with Gasteiger partial charge in [-0.15, -0.1) is 0 Å². The first kappa shape index (κ1) is 23.2. The molecule has 31 heavy (non-hydrogen) atoms. The van der Waals surface area contributed by atoms with E-state index in [1.54, 1.807) is 24.0 Å². The van der Waals surface area contributed by atoms with E-state index in [4.69, 9.17) is 21.1 Å². The maximum Gasteiger partial charge on any atom is 0.262 e. The number of amides is 1. The summed E-state index contributed by atoms with van der Waals surface area (Å²) in [5, 5.41) is 0.239. The monoisotopic (exact) mass is 466 g/mol. The van der Waals surface area contributed by atoms with E-state index in [1.165, 1.54) is 32.4 Å². The largest absolute Gasteiger partial charge is 0.495 e. The van der Waals surface area contributed by atoms with Gasteiger partial charge in [-0.3, -0.25) is 9.52 Å². The lowest BCUT2D eigenvalue weighted by Gasteiger charge is -2.21. The van der Waals surface area contributed by atoms with Crippen molar-refractivity contribution in [1.82, 2.24) is 4.90 Å². The van der Waals surface area contributed by atoms with Crippen LogP contribution < -0.4 is 14.2 Å². The van der Waals surface area contributed by atoms with Gasteiger partial charge in [-0.25, -0.2) is 8.42 Å². The number of hydrogen-bond donors (Lipinski definition) is 1. The lowest BCUT2D eigenvalue weighted by atomic mass is 10.1. The van der Waals surface area contributed by atoms with E-state index in [1.807, 2.05) is 0 Å². The zero-order chi connectivity index (χ0) is 22.6. The Balaban J connectivity index is 1.94. The molecule has 1 saturated heterocycles. The Morgan fingerprint density at radius 2 is 1.65 bits per heavy atom. The Kier molecular flexibility index (Phi) is 7.33. The van der Waals surface area contributed by atoms with Gasteiger partial charge < -0.3 is 14.4 Å². The molecule has 0 aromatic heterocycles. The van der Waals surface area contributed by atoms with Crippen LogP contribution in [0.3, 0.4) is 0 Å². The normalized spacial score (nSPS) is 14.6. The second-order valence-corrected chi connectivity index (χ2v) is 9.54. The number of nitrogens with zero attached hydrogens (tertiary/aromatic N) is 1. The molecular formula is C22H27ClN2O5S. The number of carbonyl (C=O) groups is 1. The Morgan fingerprint density at radius 3 is 2.26 bits per heavy atom. The van der Waals surface area contributed by atoms with Gasteiger partial charge in [0.15, 0.2) is 0 Å². The van der Waals surface area contributed by atoms with Crippen molar-refractivity contribution in [2.24, 2.45) is 0 Å². The molecule has 1 aliphatic rings. The van der Waals surface area contributed by atoms with E-state index in [0.29, 0.717) is 30.0 Å². The van der Waals surface area contributed by atoms with E-state index >= 15 is 0 Å². The molecule has 0 radical (unpaired) electrons. The van der Waals surface area contributed by atoms with Crippen LogP contribution in [-0.4, -0.2) is 46.5 Å². The fourth-order valence-corrected chi connectivity index (χ4v) is 5.19. The van der Waals surface area contributed by atoms with Crippen molar-refractivity contribution in [3.63, 3.8) is 0 Å². The van der Waals surface area contributed by atoms with Gasteiger partial charge in [0.25, 0.3) is 15.9 Å². The Bertz CT molecular complexity index is 1060. The zero-order valence-corrected chi connectivity index (χ0v) is 19.5. The Hall–Kier alpha value is -2.45. The third-order valence-electron chi connectivity index (χ3n) is 5.34. The first-order valence-corrected chi connectivity index (χ1v) is 12.0. The van der Waals surface area contributed by atoms with Crippen molar-refractivity contribution >= 4 is 33.2 Å². The molecule has 2 aromatic rings. The topological polar surface area (TPSA) is 84.9 Å². The average Bonchev–Trinajstić information content (AvgIpc) is 3.03. The van der Waals surface area contributed by atoms with E-state index < -0.39 is 10.0 Å². The van der Waals surface area contributed by atoms with E-state index in [0.717, 1.165) is 25.7 Å². The summed E-state index contributed by atoms with van der Waals surface area (Å²) in [6.07, 6.45) is 4.13. The molecule has 0 atom stereocenters. The number of aryl methyl sites for hydroxylation is 1. The number of benzene rings is 2. The highest BCUT2D eigenvalue weighted by molar-refractivity contribution is 7.92. The highest BCUT2D eigenvalue weighted by atomic mass is 35.5. The third kappa shape index (κ3) is 5.25. The predicted molar refractivity (Wildman–Crippen MR) is 121 cm³/mol. The summed E-state index contributed by atoms with van der Waals surface area (Å²) in [5.74, 6) is 0.477. The van der Waals surface area contributed by atoms with Crippen LogP contribution in [0.5, 0.6) is 11.5 Å². The van der Waals surface area contributed by atoms with Crippen molar-refractivity contribution < 1.29 is 22.7 Å². The molecule has 0 saturated carbocycles. The van der Waals surface area contributed by atoms with Gasteiger partial charge in [-0.2, -0.15) is 0 Å². The fraction of sp³-hybridized carbons (Fsp3) is 0.409. The van der Waals surface area contributed by atoms with Crippen LogP contribution in [0.1, 0.15) is 41.6 Å². The lowest BCUT2D eigenvalue weighted by molar-refractivity contribution is 0.0761. The quantitative estimate of drug-likeness (QED) is 0.678. The molecule has 3 rings (SSSR count). The van der Waals surface area contributed by atoms with E-state index in [2.05, 4.69) is 4.72 Å². The maximum absolute atomic E-state index is 13.2. The lowest BCUT2D eigenvalue weighted by Crippen LogP contribution is -2.32. The van der Waals surface area contributed by atoms with Gasteiger partial charge in [0.05, 0.1) is 29.8 Å². The number of halogens is 1. The molecule has 9 heteroatoms. The molecule has 0 bridgehead atoms. The number of sulfonamides is 1. The molecule has 7 nitrogen and oxygen atoms in total. The molecular weight excluding hydrogens is 440 g/mol. The van der Waals surface area contributed by atoms with E-state index in [-0.39, 0.29) is 27.3 Å². The summed E-state index contributed by atoms with van der Waals surface area (Å²) in [7, 11) is -1.13. The SMILES string of the molecule is COc1cc(OC)c(NS(=O)(=O)c2cc(C(=O)N3CCCCCC3)ccc2C)cc1Cl. The van der Waals surface area contributed by atoms with Gasteiger partial charge in [0.2, 0.25) is 0 Å². The van der Waals surface area contributed by atoms with E-state index in [9.17, 15) is 13.2 Å². The summed E-state index contributed by atoms with van der Waals surface area (Å²) in [4.78, 5) is 14.8. The van der Waals surface area contributed by atoms with Crippen molar-refractivity contribution in [2.45, 2.75) is 37.5 Å². The minimum Gasteiger partial charge on any atom is -0.495 e. The second-order valence-electron chi connectivity index (χ2n) is 7.48. The average molecular weight is 467 g/mol. The predicted octanol–water partition coefficient (Wildman–Crippen LogP) is 4.48. The number of methoxy groups -OCH3 is 2. The molecule has 1 aliphatic heterocycles. The van der Waals surface area contributed by atoms with Crippen LogP contribution in [-0.2, 0) is 10.0 Å². The van der Waals surface area contributed by atoms with Gasteiger partial charge in [-0.1, -0.05) is 30.5 Å². The summed E-state index contributed by atoms with van der Waals surface area (Å²) in [5.41, 5.74) is 1.06. The molecule has 1 amide bonds. The third-order valence-corrected chi connectivity index (χ3v) is 7.14. The minimum atomic E-state index is -4.01. The maximum atomic E-state index is 13.2. The molecule has 168 valence electrons. The number of hydrogen-bond acceptors (Lipinski definition) is 5. The van der Waals surface area contributed by atoms with Crippen LogP contribution in [0.2, 0.25) is 5.02 Å². The molecule has 1 fully saturated rings. The smallest absolute Gasteiger partial charge is 0.262 e. The fourth-order valence-electron chi connectivity index (χ4n) is 3.62. The van der Waals surface area contributed by atoms with Gasteiger partial charge in [-0.05, 0) is 43.5 Å². The highest BCUT2D eigenvalue weighted by Gasteiger charge is 2.24. The molecule has 1 N–H and O–H groups in total. The first-order valence-electron chi connectivity index (χ1n) is 10.1. The summed E-state index contributed by atoms with van der Waals surface area (Å²) in [6, 6.07) is 7.69. The number of anilines is 1.